The quantitative estimate of drug-likeness (QED) is 0.763. The Balaban J connectivity index is 0.00000261. The number of nitrogens with one attached hydrogen (secondary N) is 2. The molecule has 0 aliphatic carbocycles. The molecule has 0 aromatic heterocycles. The van der Waals surface area contributed by atoms with Crippen molar-refractivity contribution in [1.82, 2.24) is 14.9 Å². The van der Waals surface area contributed by atoms with Crippen LogP contribution in [0.4, 0.5) is 4.39 Å². The van der Waals surface area contributed by atoms with Crippen molar-refractivity contribution in [3.63, 3.8) is 0 Å². The molecule has 1 amide bonds. The fourth-order valence-electron chi connectivity index (χ4n) is 3.69. The van der Waals surface area contributed by atoms with Crippen molar-refractivity contribution in [3.05, 3.63) is 29.6 Å². The normalized spacial score (nSPS) is 23.6. The number of hydrogen-bond donors (Lipinski definition) is 2. The Morgan fingerprint density at radius 2 is 2.07 bits per heavy atom. The van der Waals surface area contributed by atoms with E-state index in [-0.39, 0.29) is 35.2 Å². The number of amides is 1. The summed E-state index contributed by atoms with van der Waals surface area (Å²) >= 11 is 0. The SMILES string of the molecule is Cc1cc(F)cc(S(=O)(=O)N2CCCC(CNC(=O)C3CCCN3)C2)c1.Cl. The Kier molecular flexibility index (Phi) is 7.62. The van der Waals surface area contributed by atoms with Crippen LogP contribution in [0.2, 0.25) is 0 Å². The van der Waals surface area contributed by atoms with Crippen LogP contribution in [-0.4, -0.2) is 50.9 Å². The van der Waals surface area contributed by atoms with Gasteiger partial charge in [0, 0.05) is 19.6 Å². The first-order valence-corrected chi connectivity index (χ1v) is 10.6. The molecule has 3 rings (SSSR count). The molecule has 2 aliphatic rings. The average Bonchev–Trinajstić information content (AvgIpc) is 3.14. The van der Waals surface area contributed by atoms with Crippen LogP contribution in [0.3, 0.4) is 0 Å². The molecule has 0 radical (unpaired) electrons. The molecule has 0 saturated carbocycles. The van der Waals surface area contributed by atoms with E-state index in [9.17, 15) is 17.6 Å². The van der Waals surface area contributed by atoms with Crippen molar-refractivity contribution in [2.24, 2.45) is 5.92 Å². The van der Waals surface area contributed by atoms with Crippen LogP contribution in [-0.2, 0) is 14.8 Å². The molecule has 0 spiro atoms. The highest BCUT2D eigenvalue weighted by Crippen LogP contribution is 2.24. The molecule has 0 bridgehead atoms. The topological polar surface area (TPSA) is 78.5 Å². The van der Waals surface area contributed by atoms with Gasteiger partial charge in [0.15, 0.2) is 0 Å². The summed E-state index contributed by atoms with van der Waals surface area (Å²) in [4.78, 5) is 12.1. The molecule has 2 N–H and O–H groups in total. The fraction of sp³-hybridized carbons (Fsp3) is 0.611. The lowest BCUT2D eigenvalue weighted by Gasteiger charge is -2.32. The first kappa shape index (κ1) is 22.1. The van der Waals surface area contributed by atoms with Crippen molar-refractivity contribution in [2.45, 2.75) is 43.5 Å². The lowest BCUT2D eigenvalue weighted by Crippen LogP contribution is -2.46. The van der Waals surface area contributed by atoms with Crippen molar-refractivity contribution in [1.29, 1.82) is 0 Å². The molecule has 2 fully saturated rings. The standard InChI is InChI=1S/C18H26FN3O3S.ClH/c1-13-8-15(19)10-16(9-13)26(24,25)22-7-3-4-14(12-22)11-21-18(23)17-5-2-6-20-17;/h8-10,14,17,20H,2-7,11-12H2,1H3,(H,21,23);1H. The highest BCUT2D eigenvalue weighted by atomic mass is 35.5. The second-order valence-electron chi connectivity index (χ2n) is 7.23. The number of nitrogens with zero attached hydrogens (tertiary/aromatic N) is 1. The Hall–Kier alpha value is -1.22. The summed E-state index contributed by atoms with van der Waals surface area (Å²) in [6.45, 7) is 3.77. The summed E-state index contributed by atoms with van der Waals surface area (Å²) in [7, 11) is -3.73. The maximum Gasteiger partial charge on any atom is 0.243 e. The lowest BCUT2D eigenvalue weighted by atomic mass is 9.99. The van der Waals surface area contributed by atoms with Gasteiger partial charge in [-0.25, -0.2) is 12.8 Å². The summed E-state index contributed by atoms with van der Waals surface area (Å²) in [6, 6.07) is 3.74. The number of aryl methyl sites for hydroxylation is 1. The van der Waals surface area contributed by atoms with Crippen molar-refractivity contribution in [3.8, 4) is 0 Å². The van der Waals surface area contributed by atoms with Crippen LogP contribution in [0.15, 0.2) is 23.1 Å². The van der Waals surface area contributed by atoms with E-state index in [2.05, 4.69) is 10.6 Å². The minimum absolute atomic E-state index is 0. The van der Waals surface area contributed by atoms with Crippen molar-refractivity contribution >= 4 is 28.3 Å². The third kappa shape index (κ3) is 5.40. The average molecular weight is 420 g/mol. The Morgan fingerprint density at radius 3 is 2.74 bits per heavy atom. The van der Waals surface area contributed by atoms with E-state index in [0.717, 1.165) is 38.3 Å². The second kappa shape index (κ2) is 9.32. The van der Waals surface area contributed by atoms with Gasteiger partial charge in [-0.15, -0.1) is 12.4 Å². The van der Waals surface area contributed by atoms with E-state index in [0.29, 0.717) is 25.2 Å². The summed E-state index contributed by atoms with van der Waals surface area (Å²) < 4.78 is 40.7. The van der Waals surface area contributed by atoms with E-state index in [1.54, 1.807) is 6.92 Å². The molecule has 2 unspecified atom stereocenters. The van der Waals surface area contributed by atoms with Crippen LogP contribution >= 0.6 is 12.4 Å². The molecule has 2 aliphatic heterocycles. The lowest BCUT2D eigenvalue weighted by molar-refractivity contribution is -0.123. The van der Waals surface area contributed by atoms with Gasteiger partial charge in [-0.3, -0.25) is 4.79 Å². The molecule has 6 nitrogen and oxygen atoms in total. The number of hydrogen-bond acceptors (Lipinski definition) is 4. The number of benzene rings is 1. The number of rotatable bonds is 5. The summed E-state index contributed by atoms with van der Waals surface area (Å²) in [5.74, 6) is -0.491. The minimum Gasteiger partial charge on any atom is -0.354 e. The van der Waals surface area contributed by atoms with Crippen molar-refractivity contribution in [2.75, 3.05) is 26.2 Å². The predicted molar refractivity (Wildman–Crippen MR) is 104 cm³/mol. The largest absolute Gasteiger partial charge is 0.354 e. The van der Waals surface area contributed by atoms with Crippen LogP contribution in [0, 0.1) is 18.7 Å². The van der Waals surface area contributed by atoms with Gasteiger partial charge >= 0.3 is 0 Å². The number of sulfonamides is 1. The molecular weight excluding hydrogens is 393 g/mol. The molecular formula is C18H27ClFN3O3S. The third-order valence-electron chi connectivity index (χ3n) is 5.08. The van der Waals surface area contributed by atoms with E-state index in [1.165, 1.54) is 16.4 Å². The first-order valence-electron chi connectivity index (χ1n) is 9.15. The van der Waals surface area contributed by atoms with Crippen molar-refractivity contribution < 1.29 is 17.6 Å². The second-order valence-corrected chi connectivity index (χ2v) is 9.17. The van der Waals surface area contributed by atoms with Gasteiger partial charge in [-0.05, 0) is 68.8 Å². The number of carbonyl (C=O) groups is 1. The van der Waals surface area contributed by atoms with Gasteiger partial charge in [-0.2, -0.15) is 4.31 Å². The third-order valence-corrected chi connectivity index (χ3v) is 6.92. The zero-order valence-electron chi connectivity index (χ0n) is 15.4. The Labute approximate surface area is 166 Å². The monoisotopic (exact) mass is 419 g/mol. The van der Waals surface area contributed by atoms with Gasteiger partial charge in [0.25, 0.3) is 0 Å². The predicted octanol–water partition coefficient (Wildman–Crippen LogP) is 1.82. The van der Waals surface area contributed by atoms with Crippen LogP contribution in [0.1, 0.15) is 31.2 Å². The van der Waals surface area contributed by atoms with Gasteiger partial charge in [0.2, 0.25) is 15.9 Å². The number of halogens is 2. The van der Waals surface area contributed by atoms with E-state index in [4.69, 9.17) is 0 Å². The molecule has 1 aromatic rings. The highest BCUT2D eigenvalue weighted by molar-refractivity contribution is 7.89. The minimum atomic E-state index is -3.73. The first-order chi connectivity index (χ1) is 12.4. The zero-order chi connectivity index (χ0) is 18.7. The van der Waals surface area contributed by atoms with E-state index < -0.39 is 15.8 Å². The Bertz CT molecular complexity index is 749. The molecule has 152 valence electrons. The van der Waals surface area contributed by atoms with Gasteiger partial charge in [-0.1, -0.05) is 0 Å². The smallest absolute Gasteiger partial charge is 0.243 e. The van der Waals surface area contributed by atoms with Crippen LogP contribution in [0.5, 0.6) is 0 Å². The summed E-state index contributed by atoms with van der Waals surface area (Å²) in [5, 5.41) is 6.10. The summed E-state index contributed by atoms with van der Waals surface area (Å²) in [5.41, 5.74) is 0.577. The fourth-order valence-corrected chi connectivity index (χ4v) is 5.36. The number of piperidine rings is 1. The molecule has 27 heavy (non-hydrogen) atoms. The molecule has 9 heteroatoms. The van der Waals surface area contributed by atoms with Gasteiger partial charge in [0.05, 0.1) is 10.9 Å². The van der Waals surface area contributed by atoms with E-state index in [1.807, 2.05) is 0 Å². The van der Waals surface area contributed by atoms with Crippen LogP contribution in [0.25, 0.3) is 0 Å². The zero-order valence-corrected chi connectivity index (χ0v) is 17.0. The molecule has 2 saturated heterocycles. The molecule has 2 heterocycles. The van der Waals surface area contributed by atoms with Gasteiger partial charge < -0.3 is 10.6 Å². The van der Waals surface area contributed by atoms with Crippen LogP contribution < -0.4 is 10.6 Å². The molecule has 1 aromatic carbocycles. The summed E-state index contributed by atoms with van der Waals surface area (Å²) in [6.07, 6.45) is 3.44. The maximum atomic E-state index is 13.6. The number of carbonyl (C=O) groups excluding carboxylic acids is 1. The van der Waals surface area contributed by atoms with E-state index >= 15 is 0 Å². The molecule has 2 atom stereocenters. The maximum absolute atomic E-state index is 13.6. The highest BCUT2D eigenvalue weighted by Gasteiger charge is 2.31. The Morgan fingerprint density at radius 1 is 1.30 bits per heavy atom. The van der Waals surface area contributed by atoms with Gasteiger partial charge in [0.1, 0.15) is 5.82 Å².